The number of aliphatic carboxylic acids is 1. The summed E-state index contributed by atoms with van der Waals surface area (Å²) < 4.78 is 31.9. The molecule has 0 radical (unpaired) electrons. The van der Waals surface area contributed by atoms with Crippen molar-refractivity contribution < 1.29 is 28.0 Å². The molecule has 1 aliphatic carbocycles. The van der Waals surface area contributed by atoms with Crippen LogP contribution in [-0.4, -0.2) is 48.9 Å². The first-order chi connectivity index (χ1) is 11.7. The lowest BCUT2D eigenvalue weighted by Gasteiger charge is -2.23. The molecule has 0 unspecified atom stereocenters. The van der Waals surface area contributed by atoms with Crippen molar-refractivity contribution in [2.45, 2.75) is 24.2 Å². The average Bonchev–Trinajstić information content (AvgIpc) is 3.12. The van der Waals surface area contributed by atoms with Gasteiger partial charge in [0.25, 0.3) is 5.69 Å². The van der Waals surface area contributed by atoms with E-state index in [0.717, 1.165) is 22.9 Å². The molecule has 0 spiro atoms. The zero-order valence-electron chi connectivity index (χ0n) is 13.5. The van der Waals surface area contributed by atoms with Crippen LogP contribution in [0, 0.1) is 21.4 Å². The molecule has 1 saturated carbocycles. The third-order valence-corrected chi connectivity index (χ3v) is 7.11. The number of carboxylic acid groups (broad SMARTS) is 1. The van der Waals surface area contributed by atoms with Gasteiger partial charge in [-0.15, -0.1) is 0 Å². The number of nitro groups is 1. The van der Waals surface area contributed by atoms with Gasteiger partial charge >= 0.3 is 5.97 Å². The van der Waals surface area contributed by atoms with E-state index in [1.807, 2.05) is 0 Å². The number of benzene rings is 1. The van der Waals surface area contributed by atoms with E-state index < -0.39 is 36.9 Å². The summed E-state index contributed by atoms with van der Waals surface area (Å²) in [5.74, 6) is -1.10. The van der Waals surface area contributed by atoms with Gasteiger partial charge in [0.05, 0.1) is 23.5 Å². The quantitative estimate of drug-likeness (QED) is 0.614. The first kappa shape index (κ1) is 17.6. The lowest BCUT2D eigenvalue weighted by atomic mass is 9.81. The van der Waals surface area contributed by atoms with Gasteiger partial charge in [-0.25, -0.2) is 8.42 Å². The molecule has 0 amide bonds. The van der Waals surface area contributed by atoms with Crippen LogP contribution in [0.3, 0.4) is 0 Å². The molecule has 25 heavy (non-hydrogen) atoms. The summed E-state index contributed by atoms with van der Waals surface area (Å²) in [6.45, 7) is -0.0870. The highest BCUT2D eigenvalue weighted by molar-refractivity contribution is 7.89. The number of nitro benzene ring substituents is 1. The zero-order valence-corrected chi connectivity index (χ0v) is 14.4. The second-order valence-corrected chi connectivity index (χ2v) is 8.35. The lowest BCUT2D eigenvalue weighted by molar-refractivity contribution is -0.387. The van der Waals surface area contributed by atoms with Crippen LogP contribution < -0.4 is 4.74 Å². The molecule has 0 aromatic heterocycles. The summed E-state index contributed by atoms with van der Waals surface area (Å²) in [5.41, 5.74) is -1.67. The molecule has 1 N–H and O–H groups in total. The van der Waals surface area contributed by atoms with Crippen LogP contribution in [0.15, 0.2) is 23.1 Å². The van der Waals surface area contributed by atoms with E-state index in [1.54, 1.807) is 0 Å². The highest BCUT2D eigenvalue weighted by atomic mass is 32.2. The van der Waals surface area contributed by atoms with Crippen molar-refractivity contribution in [3.63, 3.8) is 0 Å². The summed E-state index contributed by atoms with van der Waals surface area (Å²) in [5, 5.41) is 20.9. The van der Waals surface area contributed by atoms with Crippen molar-refractivity contribution >= 4 is 21.7 Å². The van der Waals surface area contributed by atoms with Crippen LogP contribution in [0.4, 0.5) is 5.69 Å². The maximum Gasteiger partial charge on any atom is 0.311 e. The number of sulfonamides is 1. The van der Waals surface area contributed by atoms with E-state index in [-0.39, 0.29) is 24.8 Å². The number of rotatable bonds is 5. The van der Waals surface area contributed by atoms with Crippen molar-refractivity contribution in [2.75, 3.05) is 20.2 Å². The topological polar surface area (TPSA) is 127 Å². The second kappa shape index (κ2) is 5.95. The highest BCUT2D eigenvalue weighted by Crippen LogP contribution is 2.50. The maximum absolute atomic E-state index is 12.9. The normalized spacial score (nSPS) is 26.4. The predicted octanol–water partition coefficient (Wildman–Crippen LogP) is 1.48. The standard InChI is InChI=1S/C15H18N2O7S/c1-24-11-4-5-13(12(7-11)17(20)21)25(22,23)16-8-10-3-2-6-15(10,9-16)14(18)19/h4-5,7,10H,2-3,6,8-9H2,1H3,(H,18,19)/t10-,15+/m0/s1. The van der Waals surface area contributed by atoms with Crippen molar-refractivity contribution in [1.82, 2.24) is 4.31 Å². The van der Waals surface area contributed by atoms with Gasteiger partial charge in [-0.3, -0.25) is 14.9 Å². The van der Waals surface area contributed by atoms with Crippen molar-refractivity contribution in [3.05, 3.63) is 28.3 Å². The molecule has 2 fully saturated rings. The Morgan fingerprint density at radius 2 is 2.20 bits per heavy atom. The molecule has 1 aromatic rings. The van der Waals surface area contributed by atoms with Crippen molar-refractivity contribution in [2.24, 2.45) is 11.3 Å². The fourth-order valence-corrected chi connectivity index (χ4v) is 5.59. The van der Waals surface area contributed by atoms with Crippen LogP contribution >= 0.6 is 0 Å². The van der Waals surface area contributed by atoms with Crippen LogP contribution in [0.2, 0.25) is 0 Å². The molecule has 1 heterocycles. The number of carbonyl (C=O) groups is 1. The predicted molar refractivity (Wildman–Crippen MR) is 85.8 cm³/mol. The highest BCUT2D eigenvalue weighted by Gasteiger charge is 2.57. The fourth-order valence-electron chi connectivity index (χ4n) is 3.90. The van der Waals surface area contributed by atoms with E-state index in [0.29, 0.717) is 12.8 Å². The molecule has 1 aliphatic heterocycles. The number of ether oxygens (including phenoxy) is 1. The Bertz CT molecular complexity index is 838. The molecular weight excluding hydrogens is 352 g/mol. The number of hydrogen-bond acceptors (Lipinski definition) is 6. The van der Waals surface area contributed by atoms with Gasteiger partial charge in [0.2, 0.25) is 10.0 Å². The Hall–Kier alpha value is -2.20. The molecule has 136 valence electrons. The first-order valence-corrected chi connectivity index (χ1v) is 9.22. The van der Waals surface area contributed by atoms with Gasteiger partial charge in [0.15, 0.2) is 4.90 Å². The summed E-state index contributed by atoms with van der Waals surface area (Å²) in [6, 6.07) is 3.52. The molecule has 10 heteroatoms. The average molecular weight is 370 g/mol. The Morgan fingerprint density at radius 1 is 1.48 bits per heavy atom. The van der Waals surface area contributed by atoms with E-state index in [9.17, 15) is 28.4 Å². The Labute approximate surface area is 144 Å². The van der Waals surface area contributed by atoms with Gasteiger partial charge in [0.1, 0.15) is 5.75 Å². The van der Waals surface area contributed by atoms with Crippen LogP contribution in [0.1, 0.15) is 19.3 Å². The maximum atomic E-state index is 12.9. The minimum absolute atomic E-state index is 0.0673. The third-order valence-electron chi connectivity index (χ3n) is 5.25. The zero-order chi connectivity index (χ0) is 18.4. The van der Waals surface area contributed by atoms with Crippen LogP contribution in [0.5, 0.6) is 5.75 Å². The van der Waals surface area contributed by atoms with Crippen molar-refractivity contribution in [3.8, 4) is 5.75 Å². The summed E-state index contributed by atoms with van der Waals surface area (Å²) in [6.07, 6.45) is 1.81. The number of nitrogens with zero attached hydrogens (tertiary/aromatic N) is 2. The Morgan fingerprint density at radius 3 is 2.76 bits per heavy atom. The smallest absolute Gasteiger partial charge is 0.311 e. The minimum atomic E-state index is -4.18. The van der Waals surface area contributed by atoms with Gasteiger partial charge in [0, 0.05) is 13.1 Å². The largest absolute Gasteiger partial charge is 0.497 e. The number of fused-ring (bicyclic) bond motifs is 1. The number of carboxylic acids is 1. The third kappa shape index (κ3) is 2.65. The second-order valence-electron chi connectivity index (χ2n) is 6.44. The monoisotopic (exact) mass is 370 g/mol. The first-order valence-electron chi connectivity index (χ1n) is 7.78. The SMILES string of the molecule is COc1ccc(S(=O)(=O)N2C[C@@H]3CCC[C@@]3(C(=O)O)C2)c([N+](=O)[O-])c1. The number of hydrogen-bond donors (Lipinski definition) is 1. The lowest BCUT2D eigenvalue weighted by Crippen LogP contribution is -2.37. The van der Waals surface area contributed by atoms with E-state index in [1.165, 1.54) is 13.2 Å². The number of methoxy groups -OCH3 is 1. The summed E-state index contributed by atoms with van der Waals surface area (Å²) in [7, 11) is -2.86. The molecule has 2 atom stereocenters. The van der Waals surface area contributed by atoms with Crippen LogP contribution in [-0.2, 0) is 14.8 Å². The van der Waals surface area contributed by atoms with Gasteiger partial charge in [-0.2, -0.15) is 4.31 Å². The van der Waals surface area contributed by atoms with Crippen molar-refractivity contribution in [1.29, 1.82) is 0 Å². The molecular formula is C15H18N2O7S. The summed E-state index contributed by atoms with van der Waals surface area (Å²) >= 11 is 0. The van der Waals surface area contributed by atoms with Gasteiger partial charge < -0.3 is 9.84 Å². The van der Waals surface area contributed by atoms with Gasteiger partial charge in [-0.05, 0) is 30.9 Å². The van der Waals surface area contributed by atoms with Gasteiger partial charge in [-0.1, -0.05) is 6.42 Å². The Kier molecular flexibility index (Phi) is 4.20. The van der Waals surface area contributed by atoms with Crippen LogP contribution in [0.25, 0.3) is 0 Å². The van der Waals surface area contributed by atoms with E-state index >= 15 is 0 Å². The molecule has 3 rings (SSSR count). The molecule has 9 nitrogen and oxygen atoms in total. The molecule has 1 saturated heterocycles. The minimum Gasteiger partial charge on any atom is -0.497 e. The van der Waals surface area contributed by atoms with E-state index in [4.69, 9.17) is 4.74 Å². The molecule has 0 bridgehead atoms. The fraction of sp³-hybridized carbons (Fsp3) is 0.533. The van der Waals surface area contributed by atoms with E-state index in [2.05, 4.69) is 0 Å². The summed E-state index contributed by atoms with van der Waals surface area (Å²) in [4.78, 5) is 21.8. The molecule has 1 aromatic carbocycles. The molecule has 2 aliphatic rings. The Balaban J connectivity index is 2.01.